The van der Waals surface area contributed by atoms with Gasteiger partial charge in [0.2, 0.25) is 0 Å². The highest BCUT2D eigenvalue weighted by atomic mass is 16.2. The van der Waals surface area contributed by atoms with Crippen molar-refractivity contribution in [3.63, 3.8) is 0 Å². The summed E-state index contributed by atoms with van der Waals surface area (Å²) in [5, 5.41) is 15.2. The van der Waals surface area contributed by atoms with Gasteiger partial charge in [-0.1, -0.05) is 0 Å². The Balaban J connectivity index is 2.36. The number of hydrogen-bond acceptors (Lipinski definition) is 4. The quantitative estimate of drug-likeness (QED) is 0.590. The second-order valence-corrected chi connectivity index (χ2v) is 3.61. The van der Waals surface area contributed by atoms with Crippen molar-refractivity contribution in [2.24, 2.45) is 7.05 Å². The van der Waals surface area contributed by atoms with Gasteiger partial charge in [-0.15, -0.1) is 0 Å². The van der Waals surface area contributed by atoms with Crippen LogP contribution in [0.2, 0.25) is 0 Å². The average molecular weight is 226 g/mol. The smallest absolute Gasteiger partial charge is 0.271 e. The lowest BCUT2D eigenvalue weighted by molar-refractivity contribution is 0.0944. The molecule has 1 aromatic rings. The van der Waals surface area contributed by atoms with E-state index in [0.29, 0.717) is 17.9 Å². The molecule has 6 nitrogen and oxygen atoms in total. The Kier molecular flexibility index (Phi) is 4.78. The van der Waals surface area contributed by atoms with E-state index in [4.69, 9.17) is 10.8 Å². The molecule has 0 saturated carbocycles. The second-order valence-electron chi connectivity index (χ2n) is 3.61. The fourth-order valence-electron chi connectivity index (χ4n) is 1.43. The van der Waals surface area contributed by atoms with Crippen LogP contribution in [-0.4, -0.2) is 33.9 Å². The number of carbonyl (C=O) groups excluding carboxylic acids is 1. The Morgan fingerprint density at radius 3 is 2.88 bits per heavy atom. The number of unbranched alkanes of at least 4 members (excludes halogenated alkanes) is 2. The number of rotatable bonds is 6. The number of nitrogen functional groups attached to an aromatic ring is 1. The van der Waals surface area contributed by atoms with Crippen LogP contribution in [0.3, 0.4) is 0 Å². The fourth-order valence-corrected chi connectivity index (χ4v) is 1.43. The topological polar surface area (TPSA) is 93.2 Å². The van der Waals surface area contributed by atoms with Crippen LogP contribution in [0.15, 0.2) is 6.20 Å². The maximum absolute atomic E-state index is 11.7. The van der Waals surface area contributed by atoms with Gasteiger partial charge < -0.3 is 16.2 Å². The molecule has 0 bridgehead atoms. The van der Waals surface area contributed by atoms with Gasteiger partial charge in [0.15, 0.2) is 0 Å². The van der Waals surface area contributed by atoms with Gasteiger partial charge >= 0.3 is 0 Å². The van der Waals surface area contributed by atoms with E-state index >= 15 is 0 Å². The van der Waals surface area contributed by atoms with E-state index in [-0.39, 0.29) is 12.5 Å². The molecule has 90 valence electrons. The van der Waals surface area contributed by atoms with Crippen molar-refractivity contribution in [1.29, 1.82) is 0 Å². The van der Waals surface area contributed by atoms with E-state index in [1.807, 2.05) is 0 Å². The monoisotopic (exact) mass is 226 g/mol. The normalized spacial score (nSPS) is 10.4. The number of hydrogen-bond donors (Lipinski definition) is 3. The first kappa shape index (κ1) is 12.5. The lowest BCUT2D eigenvalue weighted by atomic mass is 10.2. The highest BCUT2D eigenvalue weighted by Crippen LogP contribution is 2.08. The van der Waals surface area contributed by atoms with Crippen LogP contribution in [-0.2, 0) is 7.05 Å². The van der Waals surface area contributed by atoms with Crippen LogP contribution in [0.1, 0.15) is 29.8 Å². The van der Waals surface area contributed by atoms with Crippen molar-refractivity contribution in [3.05, 3.63) is 11.9 Å². The molecule has 0 unspecified atom stereocenters. The summed E-state index contributed by atoms with van der Waals surface area (Å²) in [6.07, 6.45) is 3.98. The Bertz CT molecular complexity index is 329. The number of aliphatic hydroxyl groups is 1. The number of aromatic nitrogens is 2. The summed E-state index contributed by atoms with van der Waals surface area (Å²) in [7, 11) is 1.68. The van der Waals surface area contributed by atoms with Crippen molar-refractivity contribution in [2.75, 3.05) is 18.9 Å². The molecule has 16 heavy (non-hydrogen) atoms. The number of nitrogens with two attached hydrogens (primary N) is 1. The molecule has 0 aliphatic carbocycles. The maximum Gasteiger partial charge on any atom is 0.271 e. The zero-order chi connectivity index (χ0) is 12.0. The van der Waals surface area contributed by atoms with Gasteiger partial charge in [0.25, 0.3) is 5.91 Å². The Labute approximate surface area is 94.4 Å². The summed E-state index contributed by atoms with van der Waals surface area (Å²) in [6.45, 7) is 0.784. The zero-order valence-corrected chi connectivity index (χ0v) is 9.44. The largest absolute Gasteiger partial charge is 0.396 e. The summed E-state index contributed by atoms with van der Waals surface area (Å²) in [5.41, 5.74) is 6.39. The van der Waals surface area contributed by atoms with Gasteiger partial charge in [-0.05, 0) is 19.3 Å². The molecule has 0 aliphatic heterocycles. The lowest BCUT2D eigenvalue weighted by Gasteiger charge is -2.05. The molecule has 0 atom stereocenters. The number of nitrogens with one attached hydrogen (secondary N) is 1. The van der Waals surface area contributed by atoms with Crippen LogP contribution in [0.4, 0.5) is 5.69 Å². The molecule has 0 saturated heterocycles. The van der Waals surface area contributed by atoms with Gasteiger partial charge in [-0.2, -0.15) is 5.10 Å². The van der Waals surface area contributed by atoms with E-state index in [2.05, 4.69) is 10.4 Å². The number of carbonyl (C=O) groups is 1. The number of aliphatic hydroxyl groups excluding tert-OH is 1. The van der Waals surface area contributed by atoms with Gasteiger partial charge in [0.1, 0.15) is 5.69 Å². The Hall–Kier alpha value is -1.56. The number of nitrogens with zero attached hydrogens (tertiary/aromatic N) is 2. The molecule has 1 aromatic heterocycles. The molecular formula is C10H18N4O2. The predicted octanol–water partition coefficient (Wildman–Crippen LogP) is -0.105. The third-order valence-corrected chi connectivity index (χ3v) is 2.30. The van der Waals surface area contributed by atoms with Crippen molar-refractivity contribution in [3.8, 4) is 0 Å². The highest BCUT2D eigenvalue weighted by Gasteiger charge is 2.13. The maximum atomic E-state index is 11.7. The average Bonchev–Trinajstić information content (AvgIpc) is 2.58. The summed E-state index contributed by atoms with van der Waals surface area (Å²) in [5.74, 6) is -0.207. The van der Waals surface area contributed by atoms with Gasteiger partial charge in [0, 0.05) is 20.2 Å². The SMILES string of the molecule is Cn1ncc(N)c1C(=O)NCCCCCO. The van der Waals surface area contributed by atoms with Crippen LogP contribution in [0.5, 0.6) is 0 Å². The predicted molar refractivity (Wildman–Crippen MR) is 60.9 cm³/mol. The third-order valence-electron chi connectivity index (χ3n) is 2.30. The first-order chi connectivity index (χ1) is 7.66. The van der Waals surface area contributed by atoms with E-state index in [1.54, 1.807) is 7.05 Å². The lowest BCUT2D eigenvalue weighted by Crippen LogP contribution is -2.27. The van der Waals surface area contributed by atoms with Crippen LogP contribution in [0.25, 0.3) is 0 Å². The number of aryl methyl sites for hydroxylation is 1. The van der Waals surface area contributed by atoms with E-state index in [1.165, 1.54) is 10.9 Å². The molecule has 4 N–H and O–H groups in total. The summed E-state index contributed by atoms with van der Waals surface area (Å²) < 4.78 is 1.46. The molecule has 1 rings (SSSR count). The van der Waals surface area contributed by atoms with Crippen molar-refractivity contribution < 1.29 is 9.90 Å². The first-order valence-corrected chi connectivity index (χ1v) is 5.33. The zero-order valence-electron chi connectivity index (χ0n) is 9.44. The van der Waals surface area contributed by atoms with E-state index in [9.17, 15) is 4.79 Å². The molecule has 0 spiro atoms. The number of amides is 1. The van der Waals surface area contributed by atoms with Gasteiger partial charge in [-0.25, -0.2) is 0 Å². The van der Waals surface area contributed by atoms with Crippen molar-refractivity contribution >= 4 is 11.6 Å². The molecular weight excluding hydrogens is 208 g/mol. The Morgan fingerprint density at radius 1 is 1.56 bits per heavy atom. The third kappa shape index (κ3) is 3.23. The molecule has 0 fully saturated rings. The molecule has 0 radical (unpaired) electrons. The summed E-state index contributed by atoms with van der Waals surface area (Å²) >= 11 is 0. The summed E-state index contributed by atoms with van der Waals surface area (Å²) in [4.78, 5) is 11.7. The molecule has 1 amide bonds. The fraction of sp³-hybridized carbons (Fsp3) is 0.600. The highest BCUT2D eigenvalue weighted by molar-refractivity contribution is 5.97. The Morgan fingerprint density at radius 2 is 2.31 bits per heavy atom. The van der Waals surface area contributed by atoms with Gasteiger partial charge in [0.05, 0.1) is 11.9 Å². The van der Waals surface area contributed by atoms with Crippen LogP contribution < -0.4 is 11.1 Å². The standard InChI is InChI=1S/C10H18N4O2/c1-14-9(8(11)7-13-14)10(16)12-5-3-2-4-6-15/h7,15H,2-6,11H2,1H3,(H,12,16). The van der Waals surface area contributed by atoms with Crippen LogP contribution >= 0.6 is 0 Å². The van der Waals surface area contributed by atoms with Gasteiger partial charge in [-0.3, -0.25) is 9.48 Å². The van der Waals surface area contributed by atoms with Crippen molar-refractivity contribution in [1.82, 2.24) is 15.1 Å². The molecule has 1 heterocycles. The second kappa shape index (κ2) is 6.12. The number of anilines is 1. The minimum Gasteiger partial charge on any atom is -0.396 e. The minimum atomic E-state index is -0.207. The summed E-state index contributed by atoms with van der Waals surface area (Å²) in [6, 6.07) is 0. The molecule has 0 aromatic carbocycles. The van der Waals surface area contributed by atoms with Crippen LogP contribution in [0, 0.1) is 0 Å². The van der Waals surface area contributed by atoms with Crippen molar-refractivity contribution in [2.45, 2.75) is 19.3 Å². The molecule has 6 heteroatoms. The minimum absolute atomic E-state index is 0.197. The van der Waals surface area contributed by atoms with E-state index < -0.39 is 0 Å². The van der Waals surface area contributed by atoms with E-state index in [0.717, 1.165) is 19.3 Å². The molecule has 0 aliphatic rings. The first-order valence-electron chi connectivity index (χ1n) is 5.33.